The van der Waals surface area contributed by atoms with E-state index in [9.17, 15) is 24.3 Å². The highest BCUT2D eigenvalue weighted by atomic mass is 32.1. The molecule has 16 nitrogen and oxygen atoms in total. The number of amides is 1. The summed E-state index contributed by atoms with van der Waals surface area (Å²) in [4.78, 5) is 87.3. The van der Waals surface area contributed by atoms with Crippen LogP contribution in [-0.2, 0) is 57.1 Å². The van der Waals surface area contributed by atoms with Crippen LogP contribution in [0.4, 0.5) is 4.79 Å². The van der Waals surface area contributed by atoms with Crippen LogP contribution in [0, 0.1) is 28.6 Å². The fourth-order valence-electron chi connectivity index (χ4n) is 11.5. The second-order valence-corrected chi connectivity index (χ2v) is 21.6. The number of esters is 4. The van der Waals surface area contributed by atoms with Crippen molar-refractivity contribution >= 4 is 47.1 Å². The zero-order chi connectivity index (χ0) is 49.7. The maximum atomic E-state index is 16.2. The van der Waals surface area contributed by atoms with Gasteiger partial charge in [0.1, 0.15) is 30.0 Å². The van der Waals surface area contributed by atoms with Crippen LogP contribution in [0.5, 0.6) is 0 Å². The van der Waals surface area contributed by atoms with E-state index in [1.165, 1.54) is 25.4 Å². The van der Waals surface area contributed by atoms with Gasteiger partial charge in [-0.1, -0.05) is 64.8 Å². The third kappa shape index (κ3) is 9.13. The summed E-state index contributed by atoms with van der Waals surface area (Å²) < 4.78 is 49.5. The molecule has 0 radical (unpaired) electrons. The van der Waals surface area contributed by atoms with Gasteiger partial charge in [-0.05, 0) is 94.5 Å². The van der Waals surface area contributed by atoms with Crippen molar-refractivity contribution in [3.63, 3.8) is 0 Å². The molecule has 2 N–H and O–H groups in total. The Morgan fingerprint density at radius 2 is 1.65 bits per heavy atom. The molecule has 2 aromatic rings. The molecule has 1 aliphatic heterocycles. The van der Waals surface area contributed by atoms with E-state index in [1.807, 2.05) is 6.92 Å². The summed E-state index contributed by atoms with van der Waals surface area (Å²) in [6, 6.07) is 10.4. The van der Waals surface area contributed by atoms with E-state index in [0.29, 0.717) is 23.3 Å². The Labute approximate surface area is 402 Å². The summed E-state index contributed by atoms with van der Waals surface area (Å²) in [6.45, 7) is 16.2. The second kappa shape index (κ2) is 19.3. The predicted molar refractivity (Wildman–Crippen MR) is 246 cm³/mol. The molecular weight excluding hydrogens is 899 g/mol. The van der Waals surface area contributed by atoms with Gasteiger partial charge < -0.3 is 48.3 Å². The molecule has 11 atom stereocenters. The van der Waals surface area contributed by atoms with Crippen LogP contribution in [0.25, 0.3) is 0 Å². The van der Waals surface area contributed by atoms with Gasteiger partial charge in [0.25, 0.3) is 0 Å². The molecule has 17 heteroatoms. The van der Waals surface area contributed by atoms with Crippen LogP contribution in [0.15, 0.2) is 59.0 Å². The van der Waals surface area contributed by atoms with Gasteiger partial charge in [0.05, 0.1) is 30.1 Å². The van der Waals surface area contributed by atoms with E-state index >= 15 is 9.59 Å². The lowest BCUT2D eigenvalue weighted by Crippen LogP contribution is -2.81. The molecule has 4 aliphatic carbocycles. The third-order valence-corrected chi connectivity index (χ3v) is 16.4. The number of carbonyl (C=O) groups is 6. The van der Waals surface area contributed by atoms with Crippen LogP contribution in [0.3, 0.4) is 0 Å². The number of hydrogen-bond acceptors (Lipinski definition) is 16. The Morgan fingerprint density at radius 3 is 2.22 bits per heavy atom. The molecule has 1 amide bonds. The average Bonchev–Trinajstić information content (AvgIpc) is 4.02. The standard InChI is InChI=1S/C51H67NO15S/c1-27(2)62-46(58)52-37(34-22-17-23-68-34)39(67-48(8,9)60-11)45(57)63-33-25-51(59)42(65-44(56)32-18-13-12-14-19-32)40-49(10,28(3)24-35-50(40,26-61-35)66-30(5)53)41(54)38(36(29(33)4)47(51,6)7)64-43(55)31-20-15-16-21-31/h12-14,17-19,22-23,27-28,31,33,35,37-40,42,59H,15-16,20-21,24-26H2,1-11H3,(H,52,58)/t28-,33-,35+,37-,38+,39+,40-,42-,49+,50-,51+/m0/s1. The minimum absolute atomic E-state index is 0.147. The van der Waals surface area contributed by atoms with Gasteiger partial charge in [0.2, 0.25) is 0 Å². The Balaban J connectivity index is 1.45. The number of nitrogens with one attached hydrogen (secondary N) is 1. The Hall–Kier alpha value is -4.68. The second-order valence-electron chi connectivity index (χ2n) is 20.6. The first-order chi connectivity index (χ1) is 31.9. The van der Waals surface area contributed by atoms with Gasteiger partial charge in [-0.2, -0.15) is 0 Å². The van der Waals surface area contributed by atoms with Gasteiger partial charge in [-0.15, -0.1) is 11.3 Å². The molecule has 7 rings (SSSR count). The minimum Gasteiger partial charge on any atom is -0.456 e. The normalized spacial score (nSPS) is 32.0. The fourth-order valence-corrected chi connectivity index (χ4v) is 12.3. The summed E-state index contributed by atoms with van der Waals surface area (Å²) in [5.74, 6) is -7.41. The predicted octanol–water partition coefficient (Wildman–Crippen LogP) is 7.35. The molecule has 0 unspecified atom stereocenters. The zero-order valence-corrected chi connectivity index (χ0v) is 41.7. The van der Waals surface area contributed by atoms with E-state index in [0.717, 1.165) is 12.8 Å². The summed E-state index contributed by atoms with van der Waals surface area (Å²) in [5, 5.41) is 18.7. The van der Waals surface area contributed by atoms with Gasteiger partial charge in [0, 0.05) is 36.2 Å². The first-order valence-electron chi connectivity index (χ1n) is 23.6. The van der Waals surface area contributed by atoms with Crippen molar-refractivity contribution in [1.29, 1.82) is 0 Å². The highest BCUT2D eigenvalue weighted by Crippen LogP contribution is 2.66. The topological polar surface area (TPSA) is 209 Å². The van der Waals surface area contributed by atoms with Crippen LogP contribution in [0.1, 0.15) is 129 Å². The highest BCUT2D eigenvalue weighted by molar-refractivity contribution is 7.10. The number of benzene rings is 1. The van der Waals surface area contributed by atoms with Gasteiger partial charge >= 0.3 is 30.0 Å². The highest BCUT2D eigenvalue weighted by Gasteiger charge is 2.78. The molecule has 1 aromatic heterocycles. The summed E-state index contributed by atoms with van der Waals surface area (Å²) >= 11 is 1.25. The number of aliphatic hydroxyl groups is 1. The summed E-state index contributed by atoms with van der Waals surface area (Å²) in [6.07, 6.45) is -5.85. The number of Topliss-reactive ketones (excluding diaryl/α,β-unsaturated/α-hetero) is 1. The molecule has 0 spiro atoms. The van der Waals surface area contributed by atoms with Gasteiger partial charge in [-0.3, -0.25) is 14.4 Å². The number of methoxy groups -OCH3 is 1. The molecule has 1 saturated heterocycles. The maximum Gasteiger partial charge on any atom is 0.408 e. The van der Waals surface area contributed by atoms with E-state index < -0.39 is 130 Å². The Bertz CT molecular complexity index is 2270. The molecule has 68 heavy (non-hydrogen) atoms. The lowest BCUT2D eigenvalue weighted by molar-refractivity contribution is -0.340. The molecule has 2 bridgehead atoms. The maximum absolute atomic E-state index is 16.2. The number of hydrogen-bond donors (Lipinski definition) is 2. The number of ketones is 1. The molecule has 5 aliphatic rings. The van der Waals surface area contributed by atoms with E-state index in [4.69, 9.17) is 37.9 Å². The zero-order valence-electron chi connectivity index (χ0n) is 40.9. The fraction of sp³-hybridized carbons (Fsp3) is 0.647. The molecule has 372 valence electrons. The average molecular weight is 966 g/mol. The quantitative estimate of drug-likeness (QED) is 0.0821. The summed E-state index contributed by atoms with van der Waals surface area (Å²) in [7, 11) is 1.39. The third-order valence-electron chi connectivity index (χ3n) is 15.4. The number of carbonyl (C=O) groups excluding carboxylic acids is 6. The summed E-state index contributed by atoms with van der Waals surface area (Å²) in [5.41, 5.74) is -6.45. The van der Waals surface area contributed by atoms with Crippen molar-refractivity contribution in [2.45, 2.75) is 167 Å². The number of rotatable bonds is 14. The molecule has 3 saturated carbocycles. The van der Waals surface area contributed by atoms with E-state index in [2.05, 4.69) is 5.32 Å². The number of alkyl carbamates (subject to hydrolysis) is 1. The number of ether oxygens (including phenoxy) is 8. The van der Waals surface area contributed by atoms with Crippen LogP contribution >= 0.6 is 11.3 Å². The lowest BCUT2D eigenvalue weighted by atomic mass is 9.43. The first kappa shape index (κ1) is 51.2. The van der Waals surface area contributed by atoms with E-state index in [1.54, 1.807) is 103 Å². The molecule has 2 heterocycles. The van der Waals surface area contributed by atoms with Gasteiger partial charge in [-0.25, -0.2) is 14.4 Å². The number of thiophene rings is 1. The lowest BCUT2D eigenvalue weighted by Gasteiger charge is -2.68. The molecule has 1 aromatic carbocycles. The molecular formula is C51H67NO15S. The number of fused-ring (bicyclic) bond motifs is 5. The van der Waals surface area contributed by atoms with Crippen molar-refractivity contribution < 1.29 is 71.8 Å². The smallest absolute Gasteiger partial charge is 0.408 e. The van der Waals surface area contributed by atoms with E-state index in [-0.39, 0.29) is 24.2 Å². The largest absolute Gasteiger partial charge is 0.456 e. The minimum atomic E-state index is -2.28. The van der Waals surface area contributed by atoms with Crippen molar-refractivity contribution in [2.24, 2.45) is 28.6 Å². The SMILES string of the molecule is COC(C)(C)O[C@@H](C(=O)O[C@H]1C[C@@]2(O)[C@@H](OC(=O)c3ccccc3)[C@@H]3[C@]4(OC(C)=O)CO[C@@H]4C[C@H](C)[C@@]3(C)C(=O)[C@H](OC(=O)C3CCCC3)C(=C1C)C2(C)C)[C@@H](NC(=O)OC(C)C)c1cccs1. The monoisotopic (exact) mass is 965 g/mol. The van der Waals surface area contributed by atoms with Gasteiger partial charge in [0.15, 0.2) is 29.4 Å². The van der Waals surface area contributed by atoms with Crippen molar-refractivity contribution in [3.8, 4) is 0 Å². The van der Waals surface area contributed by atoms with Crippen molar-refractivity contribution in [1.82, 2.24) is 5.32 Å². The Kier molecular flexibility index (Phi) is 14.5. The van der Waals surface area contributed by atoms with Crippen molar-refractivity contribution in [2.75, 3.05) is 13.7 Å². The van der Waals surface area contributed by atoms with Crippen molar-refractivity contribution in [3.05, 3.63) is 69.4 Å². The van der Waals surface area contributed by atoms with Crippen LogP contribution in [0.2, 0.25) is 0 Å². The van der Waals surface area contributed by atoms with Crippen LogP contribution < -0.4 is 5.32 Å². The molecule has 4 fully saturated rings. The first-order valence-corrected chi connectivity index (χ1v) is 24.5. The Morgan fingerprint density at radius 1 is 0.971 bits per heavy atom. The van der Waals surface area contributed by atoms with Crippen LogP contribution in [-0.4, -0.2) is 108 Å².